The molecule has 0 saturated carbocycles. The number of para-hydroxylation sites is 1. The van der Waals surface area contributed by atoms with Crippen LogP contribution in [-0.2, 0) is 17.8 Å². The molecule has 0 aliphatic rings. The van der Waals surface area contributed by atoms with Crippen LogP contribution in [0.15, 0.2) is 48.5 Å². The summed E-state index contributed by atoms with van der Waals surface area (Å²) in [4.78, 5) is 12.1. The third kappa shape index (κ3) is 4.71. The van der Waals surface area contributed by atoms with Crippen LogP contribution in [0.3, 0.4) is 0 Å². The molecule has 1 amide bonds. The van der Waals surface area contributed by atoms with Crippen molar-refractivity contribution >= 4 is 11.6 Å². The van der Waals surface area contributed by atoms with Crippen LogP contribution < -0.4 is 10.6 Å². The number of carbonyl (C=O) groups is 1. The molecule has 0 unspecified atom stereocenters. The summed E-state index contributed by atoms with van der Waals surface area (Å²) < 4.78 is 0. The normalized spacial score (nSPS) is 10.5. The summed E-state index contributed by atoms with van der Waals surface area (Å²) in [6.45, 7) is 5.60. The van der Waals surface area contributed by atoms with Gasteiger partial charge < -0.3 is 10.6 Å². The first-order valence-corrected chi connectivity index (χ1v) is 7.83. The van der Waals surface area contributed by atoms with Crippen LogP contribution in [0.4, 0.5) is 5.69 Å². The molecular weight excluding hydrogens is 272 g/mol. The van der Waals surface area contributed by atoms with Crippen molar-refractivity contribution in [2.75, 3.05) is 11.9 Å². The van der Waals surface area contributed by atoms with E-state index in [4.69, 9.17) is 0 Å². The molecular formula is C19H24N2O. The molecule has 3 nitrogen and oxygen atoms in total. The molecule has 2 aromatic rings. The minimum absolute atomic E-state index is 0.0598. The summed E-state index contributed by atoms with van der Waals surface area (Å²) in [5.41, 5.74) is 4.50. The Bertz CT molecular complexity index is 608. The van der Waals surface area contributed by atoms with Crippen molar-refractivity contribution < 1.29 is 4.79 Å². The summed E-state index contributed by atoms with van der Waals surface area (Å²) in [5.74, 6) is 0.0598. The smallest absolute Gasteiger partial charge is 0.225 e. The van der Waals surface area contributed by atoms with E-state index in [0.29, 0.717) is 13.0 Å². The van der Waals surface area contributed by atoms with Gasteiger partial charge in [-0.1, -0.05) is 55.5 Å². The van der Waals surface area contributed by atoms with Crippen molar-refractivity contribution in [2.45, 2.75) is 33.2 Å². The highest BCUT2D eigenvalue weighted by Gasteiger charge is 2.08. The number of nitrogens with one attached hydrogen (secondary N) is 2. The predicted octanol–water partition coefficient (Wildman–Crippen LogP) is 3.68. The number of carbonyl (C=O) groups excluding carboxylic acids is 1. The Kier molecular flexibility index (Phi) is 6.16. The molecule has 0 aliphatic carbocycles. The van der Waals surface area contributed by atoms with Crippen LogP contribution in [0.1, 0.15) is 30.0 Å². The maximum Gasteiger partial charge on any atom is 0.225 e. The zero-order valence-electron chi connectivity index (χ0n) is 13.4. The van der Waals surface area contributed by atoms with Crippen LogP contribution >= 0.6 is 0 Å². The molecule has 0 fully saturated rings. The van der Waals surface area contributed by atoms with Crippen LogP contribution in [0.5, 0.6) is 0 Å². The van der Waals surface area contributed by atoms with E-state index in [2.05, 4.69) is 35.8 Å². The fourth-order valence-corrected chi connectivity index (χ4v) is 2.43. The SMILES string of the molecule is CCc1cccc(C)c1NC(=O)CCNCc1ccccc1. The zero-order chi connectivity index (χ0) is 15.8. The second kappa shape index (κ2) is 8.35. The van der Waals surface area contributed by atoms with E-state index < -0.39 is 0 Å². The number of benzene rings is 2. The van der Waals surface area contributed by atoms with Gasteiger partial charge in [0.15, 0.2) is 0 Å². The molecule has 0 aromatic heterocycles. The van der Waals surface area contributed by atoms with Gasteiger partial charge in [0.1, 0.15) is 0 Å². The molecule has 0 heterocycles. The molecule has 0 radical (unpaired) electrons. The van der Waals surface area contributed by atoms with Gasteiger partial charge in [0.2, 0.25) is 5.91 Å². The number of amides is 1. The molecule has 0 spiro atoms. The molecule has 2 aromatic carbocycles. The molecule has 0 bridgehead atoms. The fraction of sp³-hybridized carbons (Fsp3) is 0.316. The summed E-state index contributed by atoms with van der Waals surface area (Å²) in [5, 5.41) is 6.35. The topological polar surface area (TPSA) is 41.1 Å². The number of aryl methyl sites for hydroxylation is 2. The van der Waals surface area contributed by atoms with E-state index >= 15 is 0 Å². The summed E-state index contributed by atoms with van der Waals surface area (Å²) in [7, 11) is 0. The fourth-order valence-electron chi connectivity index (χ4n) is 2.43. The van der Waals surface area contributed by atoms with Gasteiger partial charge in [-0.2, -0.15) is 0 Å². The van der Waals surface area contributed by atoms with Crippen molar-refractivity contribution in [1.82, 2.24) is 5.32 Å². The lowest BCUT2D eigenvalue weighted by atomic mass is 10.1. The Morgan fingerprint density at radius 1 is 1.05 bits per heavy atom. The van der Waals surface area contributed by atoms with Gasteiger partial charge in [0, 0.05) is 25.2 Å². The van der Waals surface area contributed by atoms with E-state index in [0.717, 1.165) is 24.2 Å². The van der Waals surface area contributed by atoms with Crippen molar-refractivity contribution in [3.05, 3.63) is 65.2 Å². The van der Waals surface area contributed by atoms with Gasteiger partial charge in [0.05, 0.1) is 0 Å². The van der Waals surface area contributed by atoms with Crippen LogP contribution in [0.25, 0.3) is 0 Å². The third-order valence-corrected chi connectivity index (χ3v) is 3.71. The molecule has 0 aliphatic heterocycles. The lowest BCUT2D eigenvalue weighted by Crippen LogP contribution is -2.22. The largest absolute Gasteiger partial charge is 0.326 e. The van der Waals surface area contributed by atoms with Crippen LogP contribution in [0.2, 0.25) is 0 Å². The van der Waals surface area contributed by atoms with Crippen LogP contribution in [-0.4, -0.2) is 12.5 Å². The highest BCUT2D eigenvalue weighted by atomic mass is 16.1. The average Bonchev–Trinajstić information content (AvgIpc) is 2.54. The zero-order valence-corrected chi connectivity index (χ0v) is 13.4. The first-order valence-electron chi connectivity index (χ1n) is 7.83. The third-order valence-electron chi connectivity index (χ3n) is 3.71. The highest BCUT2D eigenvalue weighted by molar-refractivity contribution is 5.92. The second-order valence-electron chi connectivity index (χ2n) is 5.42. The number of hydrogen-bond donors (Lipinski definition) is 2. The monoisotopic (exact) mass is 296 g/mol. The molecule has 0 atom stereocenters. The average molecular weight is 296 g/mol. The van der Waals surface area contributed by atoms with E-state index in [-0.39, 0.29) is 5.91 Å². The first kappa shape index (κ1) is 16.2. The van der Waals surface area contributed by atoms with E-state index in [9.17, 15) is 4.79 Å². The Hall–Kier alpha value is -2.13. The lowest BCUT2D eigenvalue weighted by Gasteiger charge is -2.13. The maximum atomic E-state index is 12.1. The molecule has 2 rings (SSSR count). The Morgan fingerprint density at radius 2 is 1.82 bits per heavy atom. The summed E-state index contributed by atoms with van der Waals surface area (Å²) in [6, 6.07) is 16.3. The summed E-state index contributed by atoms with van der Waals surface area (Å²) >= 11 is 0. The highest BCUT2D eigenvalue weighted by Crippen LogP contribution is 2.21. The van der Waals surface area contributed by atoms with Crippen molar-refractivity contribution in [3.8, 4) is 0 Å². The van der Waals surface area contributed by atoms with E-state index in [1.165, 1.54) is 11.1 Å². The molecule has 22 heavy (non-hydrogen) atoms. The number of anilines is 1. The maximum absolute atomic E-state index is 12.1. The lowest BCUT2D eigenvalue weighted by molar-refractivity contribution is -0.116. The van der Waals surface area contributed by atoms with Crippen molar-refractivity contribution in [2.24, 2.45) is 0 Å². The molecule has 0 saturated heterocycles. The summed E-state index contributed by atoms with van der Waals surface area (Å²) in [6.07, 6.45) is 1.40. The van der Waals surface area contributed by atoms with Gasteiger partial charge in [0.25, 0.3) is 0 Å². The van der Waals surface area contributed by atoms with Gasteiger partial charge in [-0.05, 0) is 30.0 Å². The predicted molar refractivity (Wildman–Crippen MR) is 92.0 cm³/mol. The quantitative estimate of drug-likeness (QED) is 0.765. The number of rotatable bonds is 7. The Morgan fingerprint density at radius 3 is 2.55 bits per heavy atom. The van der Waals surface area contributed by atoms with Gasteiger partial charge in [-0.3, -0.25) is 4.79 Å². The number of hydrogen-bond acceptors (Lipinski definition) is 2. The standard InChI is InChI=1S/C19H24N2O/c1-3-17-11-7-8-15(2)19(17)21-18(22)12-13-20-14-16-9-5-4-6-10-16/h4-11,20H,3,12-14H2,1-2H3,(H,21,22). The second-order valence-corrected chi connectivity index (χ2v) is 5.42. The Labute approximate surface area is 132 Å². The van der Waals surface area contributed by atoms with E-state index in [1.54, 1.807) is 0 Å². The van der Waals surface area contributed by atoms with Crippen molar-refractivity contribution in [3.63, 3.8) is 0 Å². The molecule has 116 valence electrons. The van der Waals surface area contributed by atoms with Gasteiger partial charge in [-0.15, -0.1) is 0 Å². The van der Waals surface area contributed by atoms with Gasteiger partial charge in [-0.25, -0.2) is 0 Å². The first-order chi connectivity index (χ1) is 10.7. The Balaban J connectivity index is 1.79. The minimum atomic E-state index is 0.0598. The minimum Gasteiger partial charge on any atom is -0.326 e. The molecule has 3 heteroatoms. The van der Waals surface area contributed by atoms with Crippen LogP contribution in [0, 0.1) is 6.92 Å². The van der Waals surface area contributed by atoms with Gasteiger partial charge >= 0.3 is 0 Å². The van der Waals surface area contributed by atoms with E-state index in [1.807, 2.05) is 37.3 Å². The van der Waals surface area contributed by atoms with Crippen molar-refractivity contribution in [1.29, 1.82) is 0 Å². The molecule has 2 N–H and O–H groups in total.